The first kappa shape index (κ1) is 19.0. The summed E-state index contributed by atoms with van der Waals surface area (Å²) < 4.78 is 17.0. The number of rotatable bonds is 5. The third-order valence-electron chi connectivity index (χ3n) is 4.98. The summed E-state index contributed by atoms with van der Waals surface area (Å²) in [4.78, 5) is 13.2. The van der Waals surface area contributed by atoms with Crippen LogP contribution in [0, 0.1) is 6.92 Å². The van der Waals surface area contributed by atoms with E-state index >= 15 is 0 Å². The number of Topliss-reactive ketones (excluding diaryl/α,β-unsaturated/α-hetero) is 1. The van der Waals surface area contributed by atoms with Gasteiger partial charge in [0.1, 0.15) is 22.8 Å². The molecule has 0 N–H and O–H groups in total. The highest BCUT2D eigenvalue weighted by molar-refractivity contribution is 6.04. The molecule has 0 aromatic heterocycles. The highest BCUT2D eigenvalue weighted by Gasteiger charge is 2.28. The van der Waals surface area contributed by atoms with Gasteiger partial charge in [0.2, 0.25) is 0 Å². The number of hydrogen-bond donors (Lipinski definition) is 0. The Labute approximate surface area is 160 Å². The second kappa shape index (κ2) is 7.10. The van der Waals surface area contributed by atoms with E-state index in [0.29, 0.717) is 11.3 Å². The molecule has 2 aromatic rings. The van der Waals surface area contributed by atoms with Crippen LogP contribution >= 0.6 is 0 Å². The van der Waals surface area contributed by atoms with Gasteiger partial charge in [-0.25, -0.2) is 0 Å². The van der Waals surface area contributed by atoms with Gasteiger partial charge in [0.25, 0.3) is 0 Å². The number of methoxy groups -OCH3 is 2. The average Bonchev–Trinajstić information content (AvgIpc) is 2.65. The molecular formula is C23H26O4. The van der Waals surface area contributed by atoms with Crippen molar-refractivity contribution in [3.63, 3.8) is 0 Å². The summed E-state index contributed by atoms with van der Waals surface area (Å²) in [5, 5.41) is 0. The van der Waals surface area contributed by atoms with Crippen LogP contribution in [0.2, 0.25) is 0 Å². The van der Waals surface area contributed by atoms with Gasteiger partial charge < -0.3 is 14.2 Å². The fraction of sp³-hybridized carbons (Fsp3) is 0.348. The number of ketones is 1. The molecule has 0 fully saturated rings. The lowest BCUT2D eigenvalue weighted by Crippen LogP contribution is -2.27. The maximum absolute atomic E-state index is 13.2. The van der Waals surface area contributed by atoms with Gasteiger partial charge in [0.15, 0.2) is 5.78 Å². The molecule has 0 aliphatic carbocycles. The lowest BCUT2D eigenvalue weighted by atomic mass is 9.89. The Bertz CT molecular complexity index is 909. The molecular weight excluding hydrogens is 340 g/mol. The predicted molar refractivity (Wildman–Crippen MR) is 107 cm³/mol. The van der Waals surface area contributed by atoms with Crippen molar-refractivity contribution in [2.45, 2.75) is 39.2 Å². The summed E-state index contributed by atoms with van der Waals surface area (Å²) in [6.07, 6.45) is 3.94. The summed E-state index contributed by atoms with van der Waals surface area (Å²) in [5.74, 6) is 1.73. The van der Waals surface area contributed by atoms with Gasteiger partial charge in [0.05, 0.1) is 25.3 Å². The minimum Gasteiger partial charge on any atom is -0.496 e. The van der Waals surface area contributed by atoms with E-state index in [1.165, 1.54) is 0 Å². The molecule has 1 aliphatic rings. The van der Waals surface area contributed by atoms with Gasteiger partial charge in [-0.1, -0.05) is 19.1 Å². The molecule has 2 aromatic carbocycles. The second-order valence-electron chi connectivity index (χ2n) is 7.41. The topological polar surface area (TPSA) is 44.8 Å². The molecule has 4 heteroatoms. The molecule has 0 saturated carbocycles. The fourth-order valence-electron chi connectivity index (χ4n) is 3.33. The first-order chi connectivity index (χ1) is 12.8. The van der Waals surface area contributed by atoms with E-state index in [4.69, 9.17) is 14.2 Å². The Kier molecular flexibility index (Phi) is 5.01. The Morgan fingerprint density at radius 2 is 1.85 bits per heavy atom. The monoisotopic (exact) mass is 366 g/mol. The molecule has 0 amide bonds. The van der Waals surface area contributed by atoms with E-state index in [1.54, 1.807) is 20.3 Å². The van der Waals surface area contributed by atoms with Crippen molar-refractivity contribution in [3.8, 4) is 17.2 Å². The molecule has 0 spiro atoms. The maximum atomic E-state index is 13.2. The van der Waals surface area contributed by atoms with E-state index in [1.807, 2.05) is 64.1 Å². The van der Waals surface area contributed by atoms with Crippen LogP contribution in [-0.4, -0.2) is 25.6 Å². The average molecular weight is 366 g/mol. The SMILES string of the molecule is COc1cc([C@@H](C)C(=O)c2ccc3c(c2OC)C=CC(C)(C)O3)ccc1C. The van der Waals surface area contributed by atoms with Crippen LogP contribution in [0.5, 0.6) is 17.2 Å². The molecule has 1 heterocycles. The smallest absolute Gasteiger partial charge is 0.173 e. The van der Waals surface area contributed by atoms with Crippen molar-refractivity contribution in [1.29, 1.82) is 0 Å². The zero-order valence-electron chi connectivity index (χ0n) is 16.8. The van der Waals surface area contributed by atoms with Crippen LogP contribution in [0.1, 0.15) is 53.7 Å². The van der Waals surface area contributed by atoms with Crippen LogP contribution in [-0.2, 0) is 0 Å². The third-order valence-corrected chi connectivity index (χ3v) is 4.98. The third kappa shape index (κ3) is 3.57. The van der Waals surface area contributed by atoms with Crippen molar-refractivity contribution in [3.05, 3.63) is 58.7 Å². The zero-order valence-corrected chi connectivity index (χ0v) is 16.8. The number of benzene rings is 2. The van der Waals surface area contributed by atoms with Crippen molar-refractivity contribution in [2.75, 3.05) is 14.2 Å². The number of ether oxygens (including phenoxy) is 3. The summed E-state index contributed by atoms with van der Waals surface area (Å²) in [6.45, 7) is 7.87. The van der Waals surface area contributed by atoms with Crippen molar-refractivity contribution in [2.24, 2.45) is 0 Å². The van der Waals surface area contributed by atoms with Gasteiger partial charge in [-0.05, 0) is 62.2 Å². The fourth-order valence-corrected chi connectivity index (χ4v) is 3.33. The van der Waals surface area contributed by atoms with Gasteiger partial charge in [-0.15, -0.1) is 0 Å². The van der Waals surface area contributed by atoms with E-state index in [-0.39, 0.29) is 17.3 Å². The van der Waals surface area contributed by atoms with Gasteiger partial charge in [0, 0.05) is 5.92 Å². The minimum absolute atomic E-state index is 0.00112. The van der Waals surface area contributed by atoms with Crippen LogP contribution in [0.4, 0.5) is 0 Å². The van der Waals surface area contributed by atoms with Crippen LogP contribution in [0.15, 0.2) is 36.4 Å². The van der Waals surface area contributed by atoms with Gasteiger partial charge in [-0.3, -0.25) is 4.79 Å². The van der Waals surface area contributed by atoms with Crippen molar-refractivity contribution < 1.29 is 19.0 Å². The Morgan fingerprint density at radius 3 is 2.52 bits per heavy atom. The highest BCUT2D eigenvalue weighted by atomic mass is 16.5. The molecule has 0 unspecified atom stereocenters. The Hall–Kier alpha value is -2.75. The van der Waals surface area contributed by atoms with Crippen LogP contribution < -0.4 is 14.2 Å². The number of hydrogen-bond acceptors (Lipinski definition) is 4. The maximum Gasteiger partial charge on any atom is 0.173 e. The quantitative estimate of drug-likeness (QED) is 0.684. The lowest BCUT2D eigenvalue weighted by Gasteiger charge is -2.29. The Morgan fingerprint density at radius 1 is 1.11 bits per heavy atom. The number of aryl methyl sites for hydroxylation is 1. The lowest BCUT2D eigenvalue weighted by molar-refractivity contribution is 0.0962. The molecule has 3 rings (SSSR count). The van der Waals surface area contributed by atoms with Crippen molar-refractivity contribution in [1.82, 2.24) is 0 Å². The number of carbonyl (C=O) groups is 1. The minimum atomic E-state index is -0.380. The number of fused-ring (bicyclic) bond motifs is 1. The standard InChI is InChI=1S/C23H26O4/c1-14-7-8-16(13-20(14)25-5)15(2)21(24)18-9-10-19-17(22(18)26-6)11-12-23(3,4)27-19/h7-13,15H,1-6H3/t15-/m1/s1. The first-order valence-corrected chi connectivity index (χ1v) is 9.05. The summed E-state index contributed by atoms with van der Waals surface area (Å²) in [7, 11) is 3.22. The van der Waals surface area contributed by atoms with Crippen LogP contribution in [0.25, 0.3) is 6.08 Å². The van der Waals surface area contributed by atoms with Crippen LogP contribution in [0.3, 0.4) is 0 Å². The molecule has 0 saturated heterocycles. The summed E-state index contributed by atoms with van der Waals surface area (Å²) in [6, 6.07) is 9.50. The zero-order chi connectivity index (χ0) is 19.8. The van der Waals surface area contributed by atoms with Gasteiger partial charge >= 0.3 is 0 Å². The Balaban J connectivity index is 2.00. The normalized spacial score (nSPS) is 15.5. The van der Waals surface area contributed by atoms with E-state index in [2.05, 4.69) is 0 Å². The van der Waals surface area contributed by atoms with E-state index in [9.17, 15) is 4.79 Å². The van der Waals surface area contributed by atoms with E-state index < -0.39 is 0 Å². The number of carbonyl (C=O) groups excluding carboxylic acids is 1. The predicted octanol–water partition coefficient (Wildman–Crippen LogP) is 5.18. The molecule has 4 nitrogen and oxygen atoms in total. The highest BCUT2D eigenvalue weighted by Crippen LogP contribution is 2.40. The summed E-state index contributed by atoms with van der Waals surface area (Å²) >= 11 is 0. The van der Waals surface area contributed by atoms with Gasteiger partial charge in [-0.2, -0.15) is 0 Å². The molecule has 1 aliphatic heterocycles. The molecule has 0 bridgehead atoms. The molecule has 1 atom stereocenters. The second-order valence-corrected chi connectivity index (χ2v) is 7.41. The molecule has 0 radical (unpaired) electrons. The summed E-state index contributed by atoms with van der Waals surface area (Å²) in [5.41, 5.74) is 2.93. The molecule has 142 valence electrons. The largest absolute Gasteiger partial charge is 0.496 e. The van der Waals surface area contributed by atoms with Crippen molar-refractivity contribution >= 4 is 11.9 Å². The molecule has 27 heavy (non-hydrogen) atoms. The first-order valence-electron chi connectivity index (χ1n) is 9.05. The van der Waals surface area contributed by atoms with E-state index in [0.717, 1.165) is 28.2 Å².